The zero-order valence-corrected chi connectivity index (χ0v) is 13.2. The van der Waals surface area contributed by atoms with Crippen molar-refractivity contribution in [2.45, 2.75) is 56.6 Å². The van der Waals surface area contributed by atoms with Gasteiger partial charge in [-0.2, -0.15) is 4.31 Å². The number of nitrogens with zero attached hydrogens (tertiary/aromatic N) is 1. The highest BCUT2D eigenvalue weighted by Gasteiger charge is 2.36. The monoisotopic (exact) mass is 315 g/mol. The van der Waals surface area contributed by atoms with Crippen molar-refractivity contribution in [3.8, 4) is 0 Å². The summed E-state index contributed by atoms with van der Waals surface area (Å²) in [6.07, 6.45) is 2.21. The fraction of sp³-hybridized carbons (Fsp3) is 0.600. The molecule has 1 aliphatic rings. The van der Waals surface area contributed by atoms with E-state index in [0.717, 1.165) is 12.8 Å². The van der Waals surface area contributed by atoms with E-state index in [1.165, 1.54) is 22.5 Å². The first-order chi connectivity index (χ1) is 9.87. The van der Waals surface area contributed by atoms with Crippen LogP contribution in [0.4, 0.5) is 4.39 Å². The van der Waals surface area contributed by atoms with E-state index < -0.39 is 21.9 Å². The van der Waals surface area contributed by atoms with Gasteiger partial charge in [-0.1, -0.05) is 13.3 Å². The maximum atomic E-state index is 13.3. The Kier molecular flexibility index (Phi) is 5.01. The Labute approximate surface area is 125 Å². The fourth-order valence-corrected chi connectivity index (χ4v) is 4.61. The van der Waals surface area contributed by atoms with E-state index in [4.69, 9.17) is 0 Å². The smallest absolute Gasteiger partial charge is 0.243 e. The minimum Gasteiger partial charge on any atom is -0.391 e. The van der Waals surface area contributed by atoms with Crippen LogP contribution < -0.4 is 0 Å². The molecule has 1 heterocycles. The van der Waals surface area contributed by atoms with Crippen LogP contribution in [0.3, 0.4) is 0 Å². The molecule has 0 aliphatic carbocycles. The number of hydrogen-bond donors (Lipinski definition) is 1. The van der Waals surface area contributed by atoms with Gasteiger partial charge in [0.2, 0.25) is 10.0 Å². The van der Waals surface area contributed by atoms with E-state index in [1.54, 1.807) is 6.92 Å². The molecule has 21 heavy (non-hydrogen) atoms. The molecule has 2 unspecified atom stereocenters. The van der Waals surface area contributed by atoms with Gasteiger partial charge in [0.1, 0.15) is 5.82 Å². The summed E-state index contributed by atoms with van der Waals surface area (Å²) in [6.45, 7) is 3.79. The first kappa shape index (κ1) is 16.4. The predicted molar refractivity (Wildman–Crippen MR) is 79.0 cm³/mol. The van der Waals surface area contributed by atoms with Crippen molar-refractivity contribution < 1.29 is 17.9 Å². The summed E-state index contributed by atoms with van der Waals surface area (Å²) >= 11 is 0. The van der Waals surface area contributed by atoms with E-state index in [9.17, 15) is 17.9 Å². The Morgan fingerprint density at radius 3 is 2.76 bits per heavy atom. The molecule has 6 heteroatoms. The van der Waals surface area contributed by atoms with E-state index in [0.29, 0.717) is 24.9 Å². The number of aryl methyl sites for hydroxylation is 1. The van der Waals surface area contributed by atoms with Crippen molar-refractivity contribution in [1.29, 1.82) is 0 Å². The molecule has 0 bridgehead atoms. The molecule has 2 atom stereocenters. The second-order valence-corrected chi connectivity index (χ2v) is 7.46. The van der Waals surface area contributed by atoms with Gasteiger partial charge in [-0.25, -0.2) is 12.8 Å². The van der Waals surface area contributed by atoms with Gasteiger partial charge >= 0.3 is 0 Å². The van der Waals surface area contributed by atoms with E-state index in [2.05, 4.69) is 0 Å². The van der Waals surface area contributed by atoms with Crippen LogP contribution in [0.15, 0.2) is 23.1 Å². The Bertz CT molecular complexity index is 603. The highest BCUT2D eigenvalue weighted by molar-refractivity contribution is 7.89. The lowest BCUT2D eigenvalue weighted by Crippen LogP contribution is -2.49. The molecule has 0 spiro atoms. The Morgan fingerprint density at radius 1 is 1.43 bits per heavy atom. The van der Waals surface area contributed by atoms with E-state index >= 15 is 0 Å². The first-order valence-electron chi connectivity index (χ1n) is 7.34. The average molecular weight is 315 g/mol. The number of sulfonamides is 1. The third-order valence-electron chi connectivity index (χ3n) is 4.10. The minimum absolute atomic E-state index is 0.0941. The van der Waals surface area contributed by atoms with E-state index in [1.807, 2.05) is 6.92 Å². The lowest BCUT2D eigenvalue weighted by Gasteiger charge is -2.37. The Morgan fingerprint density at radius 2 is 2.14 bits per heavy atom. The number of benzene rings is 1. The summed E-state index contributed by atoms with van der Waals surface area (Å²) in [4.78, 5) is 0.0941. The summed E-state index contributed by atoms with van der Waals surface area (Å²) in [5.74, 6) is -0.419. The zero-order chi connectivity index (χ0) is 15.6. The standard InChI is InChI=1S/C15H22FNO3S/c1-3-15(18)14-6-4-5-9-17(14)21(19,20)12-7-8-13(16)11(2)10-12/h7-8,10,14-15,18H,3-6,9H2,1-2H3. The molecule has 4 nitrogen and oxygen atoms in total. The Balaban J connectivity index is 2.38. The van der Waals surface area contributed by atoms with Gasteiger partial charge in [0.25, 0.3) is 0 Å². The SMILES string of the molecule is CCC(O)C1CCCCN1S(=O)(=O)c1ccc(F)c(C)c1. The van der Waals surface area contributed by atoms with Crippen LogP contribution in [0.25, 0.3) is 0 Å². The quantitative estimate of drug-likeness (QED) is 0.928. The predicted octanol–water partition coefficient (Wildman–Crippen LogP) is 2.45. The van der Waals surface area contributed by atoms with Gasteiger partial charge in [0.15, 0.2) is 0 Å². The largest absolute Gasteiger partial charge is 0.391 e. The zero-order valence-electron chi connectivity index (χ0n) is 12.4. The normalized spacial score (nSPS) is 22.2. The molecule has 1 saturated heterocycles. The van der Waals surface area contributed by atoms with Crippen LogP contribution in [0.1, 0.15) is 38.2 Å². The summed E-state index contributed by atoms with van der Waals surface area (Å²) in [5, 5.41) is 10.1. The third kappa shape index (κ3) is 3.27. The molecule has 1 fully saturated rings. The maximum Gasteiger partial charge on any atom is 0.243 e. The minimum atomic E-state index is -3.70. The molecule has 1 aromatic rings. The lowest BCUT2D eigenvalue weighted by atomic mass is 9.98. The highest BCUT2D eigenvalue weighted by atomic mass is 32.2. The highest BCUT2D eigenvalue weighted by Crippen LogP contribution is 2.28. The van der Waals surface area contributed by atoms with Crippen molar-refractivity contribution in [2.75, 3.05) is 6.54 Å². The third-order valence-corrected chi connectivity index (χ3v) is 6.02. The Hall–Kier alpha value is -0.980. The molecule has 1 aliphatic heterocycles. The molecular weight excluding hydrogens is 293 g/mol. The summed E-state index contributed by atoms with van der Waals surface area (Å²) < 4.78 is 40.3. The number of halogens is 1. The average Bonchev–Trinajstić information content (AvgIpc) is 2.49. The molecule has 0 radical (unpaired) electrons. The lowest BCUT2D eigenvalue weighted by molar-refractivity contribution is 0.0667. The van der Waals surface area contributed by atoms with Gasteiger partial charge < -0.3 is 5.11 Å². The number of piperidine rings is 1. The molecule has 2 rings (SSSR count). The van der Waals surface area contributed by atoms with Crippen molar-refractivity contribution >= 4 is 10.0 Å². The van der Waals surface area contributed by atoms with Crippen molar-refractivity contribution in [3.63, 3.8) is 0 Å². The second kappa shape index (κ2) is 6.42. The maximum absolute atomic E-state index is 13.3. The topological polar surface area (TPSA) is 57.6 Å². The fourth-order valence-electron chi connectivity index (χ4n) is 2.80. The van der Waals surface area contributed by atoms with Crippen LogP contribution in [0.5, 0.6) is 0 Å². The number of hydrogen-bond acceptors (Lipinski definition) is 3. The summed E-state index contributed by atoms with van der Waals surface area (Å²) in [7, 11) is -3.70. The molecule has 1 N–H and O–H groups in total. The van der Waals surface area contributed by atoms with Gasteiger partial charge in [0, 0.05) is 6.54 Å². The van der Waals surface area contributed by atoms with Crippen molar-refractivity contribution in [3.05, 3.63) is 29.6 Å². The number of aliphatic hydroxyl groups excluding tert-OH is 1. The van der Waals surface area contributed by atoms with Gasteiger partial charge in [-0.05, 0) is 49.9 Å². The first-order valence-corrected chi connectivity index (χ1v) is 8.78. The molecule has 1 aromatic carbocycles. The van der Waals surface area contributed by atoms with Crippen LogP contribution >= 0.6 is 0 Å². The van der Waals surface area contributed by atoms with Crippen LogP contribution in [0, 0.1) is 12.7 Å². The molecule has 0 amide bonds. The molecular formula is C15H22FNO3S. The van der Waals surface area contributed by atoms with Crippen molar-refractivity contribution in [2.24, 2.45) is 0 Å². The molecule has 0 aromatic heterocycles. The summed E-state index contributed by atoms with van der Waals surface area (Å²) in [5.41, 5.74) is 0.306. The van der Waals surface area contributed by atoms with Crippen LogP contribution in [0.2, 0.25) is 0 Å². The summed E-state index contributed by atoms with van der Waals surface area (Å²) in [6, 6.07) is 3.44. The van der Waals surface area contributed by atoms with Gasteiger partial charge in [-0.15, -0.1) is 0 Å². The molecule has 118 valence electrons. The second-order valence-electron chi connectivity index (χ2n) is 5.57. The number of rotatable bonds is 4. The molecule has 0 saturated carbocycles. The van der Waals surface area contributed by atoms with E-state index in [-0.39, 0.29) is 10.9 Å². The van der Waals surface area contributed by atoms with Crippen LogP contribution in [-0.4, -0.2) is 36.5 Å². The van der Waals surface area contributed by atoms with Crippen molar-refractivity contribution in [1.82, 2.24) is 4.31 Å². The van der Waals surface area contributed by atoms with Crippen LogP contribution in [-0.2, 0) is 10.0 Å². The number of aliphatic hydroxyl groups is 1. The van der Waals surface area contributed by atoms with Gasteiger partial charge in [-0.3, -0.25) is 0 Å². The van der Waals surface area contributed by atoms with Gasteiger partial charge in [0.05, 0.1) is 17.0 Å².